The van der Waals surface area contributed by atoms with E-state index in [1.54, 1.807) is 25.3 Å². The summed E-state index contributed by atoms with van der Waals surface area (Å²) in [7, 11) is 1.58. The number of hydrogen-bond donors (Lipinski definition) is 2. The van der Waals surface area contributed by atoms with Crippen molar-refractivity contribution in [2.75, 3.05) is 17.7 Å². The van der Waals surface area contributed by atoms with Crippen molar-refractivity contribution in [1.82, 2.24) is 9.97 Å². The van der Waals surface area contributed by atoms with Crippen LogP contribution in [0.15, 0.2) is 67.0 Å². The van der Waals surface area contributed by atoms with Crippen molar-refractivity contribution in [2.45, 2.75) is 13.0 Å². The Labute approximate surface area is 152 Å². The number of carbonyl (C=O) groups excluding carboxylic acids is 1. The van der Waals surface area contributed by atoms with Crippen LogP contribution in [0.5, 0.6) is 5.75 Å². The predicted octanol–water partition coefficient (Wildman–Crippen LogP) is 3.91. The third-order valence-corrected chi connectivity index (χ3v) is 3.89. The summed E-state index contributed by atoms with van der Waals surface area (Å²) >= 11 is 0. The standard InChI is InChI=1S/C20H20N4O2/c1-14(15-7-4-3-5-8-15)23-19-12-18(21-13-22-19)20(25)24-16-9-6-10-17(11-16)26-2/h3-14H,1-2H3,(H,24,25)(H,21,22,23). The molecule has 0 aliphatic carbocycles. The van der Waals surface area contributed by atoms with E-state index in [1.807, 2.05) is 49.4 Å². The molecule has 132 valence electrons. The van der Waals surface area contributed by atoms with Crippen LogP contribution >= 0.6 is 0 Å². The number of nitrogens with one attached hydrogen (secondary N) is 2. The van der Waals surface area contributed by atoms with Crippen molar-refractivity contribution in [2.24, 2.45) is 0 Å². The van der Waals surface area contributed by atoms with Gasteiger partial charge >= 0.3 is 0 Å². The Hall–Kier alpha value is -3.41. The first kappa shape index (κ1) is 17.4. The zero-order valence-electron chi connectivity index (χ0n) is 14.6. The molecule has 0 aliphatic rings. The van der Waals surface area contributed by atoms with Crippen LogP contribution in [0, 0.1) is 0 Å². The molecule has 0 radical (unpaired) electrons. The molecular formula is C20H20N4O2. The van der Waals surface area contributed by atoms with Gasteiger partial charge in [0.2, 0.25) is 0 Å². The van der Waals surface area contributed by atoms with E-state index in [0.29, 0.717) is 17.3 Å². The molecule has 0 spiro atoms. The van der Waals surface area contributed by atoms with E-state index in [0.717, 1.165) is 5.56 Å². The summed E-state index contributed by atoms with van der Waals surface area (Å²) in [6, 6.07) is 18.9. The molecule has 26 heavy (non-hydrogen) atoms. The van der Waals surface area contributed by atoms with Gasteiger partial charge < -0.3 is 15.4 Å². The first-order chi connectivity index (χ1) is 12.7. The first-order valence-electron chi connectivity index (χ1n) is 8.24. The van der Waals surface area contributed by atoms with Crippen molar-refractivity contribution >= 4 is 17.4 Å². The molecule has 2 N–H and O–H groups in total. The Morgan fingerprint density at radius 2 is 1.85 bits per heavy atom. The monoisotopic (exact) mass is 348 g/mol. The molecule has 3 aromatic rings. The number of methoxy groups -OCH3 is 1. The van der Waals surface area contributed by atoms with Crippen molar-refractivity contribution in [3.05, 3.63) is 78.2 Å². The molecule has 0 aliphatic heterocycles. The minimum atomic E-state index is -0.309. The second-order valence-corrected chi connectivity index (χ2v) is 5.75. The van der Waals surface area contributed by atoms with Crippen LogP contribution in [0.3, 0.4) is 0 Å². The molecule has 1 atom stereocenters. The largest absolute Gasteiger partial charge is 0.497 e. The molecule has 3 rings (SSSR count). The molecule has 6 nitrogen and oxygen atoms in total. The summed E-state index contributed by atoms with van der Waals surface area (Å²) in [5.41, 5.74) is 2.05. The Morgan fingerprint density at radius 3 is 2.62 bits per heavy atom. The number of rotatable bonds is 6. The third kappa shape index (κ3) is 4.36. The van der Waals surface area contributed by atoms with Crippen LogP contribution in [0.4, 0.5) is 11.5 Å². The van der Waals surface area contributed by atoms with E-state index >= 15 is 0 Å². The van der Waals surface area contributed by atoms with Gasteiger partial charge in [-0.25, -0.2) is 9.97 Å². The quantitative estimate of drug-likeness (QED) is 0.706. The van der Waals surface area contributed by atoms with Gasteiger partial charge in [0.25, 0.3) is 5.91 Å². The smallest absolute Gasteiger partial charge is 0.274 e. The van der Waals surface area contributed by atoms with Crippen molar-refractivity contribution in [1.29, 1.82) is 0 Å². The van der Waals surface area contributed by atoms with E-state index in [2.05, 4.69) is 20.6 Å². The lowest BCUT2D eigenvalue weighted by molar-refractivity contribution is 0.102. The molecule has 0 bridgehead atoms. The maximum Gasteiger partial charge on any atom is 0.274 e. The van der Waals surface area contributed by atoms with Crippen LogP contribution in [0.25, 0.3) is 0 Å². The normalized spacial score (nSPS) is 11.5. The number of ether oxygens (including phenoxy) is 1. The van der Waals surface area contributed by atoms with Gasteiger partial charge in [0, 0.05) is 23.9 Å². The number of nitrogens with zero attached hydrogens (tertiary/aromatic N) is 2. The van der Waals surface area contributed by atoms with Crippen LogP contribution in [-0.4, -0.2) is 23.0 Å². The zero-order valence-corrected chi connectivity index (χ0v) is 14.6. The number of benzene rings is 2. The summed E-state index contributed by atoms with van der Waals surface area (Å²) in [5, 5.41) is 6.09. The fraction of sp³-hybridized carbons (Fsp3) is 0.150. The average Bonchev–Trinajstić information content (AvgIpc) is 2.69. The number of anilines is 2. The number of aromatic nitrogens is 2. The van der Waals surface area contributed by atoms with E-state index < -0.39 is 0 Å². The number of hydrogen-bond acceptors (Lipinski definition) is 5. The molecule has 0 saturated heterocycles. The van der Waals surface area contributed by atoms with Gasteiger partial charge in [0.1, 0.15) is 23.6 Å². The second-order valence-electron chi connectivity index (χ2n) is 5.75. The molecule has 1 unspecified atom stereocenters. The summed E-state index contributed by atoms with van der Waals surface area (Å²) in [4.78, 5) is 20.7. The molecule has 1 aromatic heterocycles. The first-order valence-corrected chi connectivity index (χ1v) is 8.24. The Morgan fingerprint density at radius 1 is 1.04 bits per heavy atom. The van der Waals surface area contributed by atoms with Crippen molar-refractivity contribution in [3.8, 4) is 5.75 Å². The van der Waals surface area contributed by atoms with Crippen molar-refractivity contribution < 1.29 is 9.53 Å². The Kier molecular flexibility index (Phi) is 5.43. The SMILES string of the molecule is COc1cccc(NC(=O)c2cc(NC(C)c3ccccc3)ncn2)c1. The maximum absolute atomic E-state index is 12.5. The molecule has 0 fully saturated rings. The lowest BCUT2D eigenvalue weighted by Gasteiger charge is -2.15. The minimum Gasteiger partial charge on any atom is -0.497 e. The van der Waals surface area contributed by atoms with Gasteiger partial charge in [0.15, 0.2) is 0 Å². The maximum atomic E-state index is 12.5. The summed E-state index contributed by atoms with van der Waals surface area (Å²) in [5.74, 6) is 0.952. The van der Waals surface area contributed by atoms with E-state index in [9.17, 15) is 4.79 Å². The summed E-state index contributed by atoms with van der Waals surface area (Å²) < 4.78 is 5.16. The highest BCUT2D eigenvalue weighted by Crippen LogP contribution is 2.19. The van der Waals surface area contributed by atoms with Gasteiger partial charge in [-0.15, -0.1) is 0 Å². The molecule has 1 amide bonds. The lowest BCUT2D eigenvalue weighted by Crippen LogP contribution is -2.15. The number of carbonyl (C=O) groups is 1. The summed E-state index contributed by atoms with van der Waals surface area (Å²) in [6.45, 7) is 2.04. The fourth-order valence-corrected chi connectivity index (χ4v) is 2.50. The van der Waals surface area contributed by atoms with Crippen LogP contribution in [-0.2, 0) is 0 Å². The molecule has 2 aromatic carbocycles. The van der Waals surface area contributed by atoms with Crippen LogP contribution < -0.4 is 15.4 Å². The lowest BCUT2D eigenvalue weighted by atomic mass is 10.1. The zero-order chi connectivity index (χ0) is 18.4. The Bertz CT molecular complexity index is 884. The predicted molar refractivity (Wildman–Crippen MR) is 101 cm³/mol. The van der Waals surface area contributed by atoms with E-state index in [1.165, 1.54) is 6.33 Å². The molecule has 0 saturated carbocycles. The topological polar surface area (TPSA) is 76.1 Å². The average molecular weight is 348 g/mol. The van der Waals surface area contributed by atoms with E-state index in [4.69, 9.17) is 4.74 Å². The van der Waals surface area contributed by atoms with Gasteiger partial charge in [-0.3, -0.25) is 4.79 Å². The molecule has 6 heteroatoms. The highest BCUT2D eigenvalue weighted by molar-refractivity contribution is 6.03. The van der Waals surface area contributed by atoms with Crippen molar-refractivity contribution in [3.63, 3.8) is 0 Å². The van der Waals surface area contributed by atoms with Gasteiger partial charge in [0.05, 0.1) is 7.11 Å². The number of amides is 1. The van der Waals surface area contributed by atoms with Crippen LogP contribution in [0.2, 0.25) is 0 Å². The van der Waals surface area contributed by atoms with Gasteiger partial charge in [-0.1, -0.05) is 36.4 Å². The third-order valence-electron chi connectivity index (χ3n) is 3.89. The van der Waals surface area contributed by atoms with E-state index in [-0.39, 0.29) is 17.6 Å². The minimum absolute atomic E-state index is 0.0559. The highest BCUT2D eigenvalue weighted by atomic mass is 16.5. The molecular weight excluding hydrogens is 328 g/mol. The van der Waals surface area contributed by atoms with Gasteiger partial charge in [-0.05, 0) is 24.6 Å². The fourth-order valence-electron chi connectivity index (χ4n) is 2.50. The molecule has 1 heterocycles. The summed E-state index contributed by atoms with van der Waals surface area (Å²) in [6.07, 6.45) is 1.38. The Balaban J connectivity index is 1.71. The highest BCUT2D eigenvalue weighted by Gasteiger charge is 2.11. The van der Waals surface area contributed by atoms with Crippen LogP contribution in [0.1, 0.15) is 29.0 Å². The second kappa shape index (κ2) is 8.11. The van der Waals surface area contributed by atoms with Gasteiger partial charge in [-0.2, -0.15) is 0 Å².